The van der Waals surface area contributed by atoms with Crippen LogP contribution in [0.25, 0.3) is 0 Å². The smallest absolute Gasteiger partial charge is 0.105 e. The Morgan fingerprint density at radius 2 is 1.90 bits per heavy atom. The maximum atomic E-state index is 7.00. The number of nitrogens with zero attached hydrogens (tertiary/aromatic N) is 1. The van der Waals surface area contributed by atoms with Crippen LogP contribution in [0.3, 0.4) is 0 Å². The molecule has 0 aliphatic carbocycles. The second-order valence-corrected chi connectivity index (χ2v) is 2.51. The molecule has 3 nitrogen and oxygen atoms in total. The largest absolute Gasteiger partial charge is 0.387 e. The van der Waals surface area contributed by atoms with E-state index in [9.17, 15) is 0 Å². The summed E-state index contributed by atoms with van der Waals surface area (Å²) >= 11 is 0. The Hall–Kier alpha value is -0.280. The van der Waals surface area contributed by atoms with E-state index in [0.29, 0.717) is 6.54 Å². The third-order valence-corrected chi connectivity index (χ3v) is 1.59. The number of halogens is 1. The maximum absolute atomic E-state index is 7.00. The van der Waals surface area contributed by atoms with E-state index in [1.54, 1.807) is 0 Å². The molecule has 1 fully saturated rings. The summed E-state index contributed by atoms with van der Waals surface area (Å²) < 4.78 is 0. The number of hydrogen-bond acceptors (Lipinski definition) is 2. The molecule has 4 heteroatoms. The zero-order valence-electron chi connectivity index (χ0n) is 5.97. The second kappa shape index (κ2) is 4.52. The number of rotatable bonds is 2. The van der Waals surface area contributed by atoms with Crippen LogP contribution in [0.5, 0.6) is 0 Å². The SMILES string of the molecule is Cl.N=C(N)CN1CCCC1. The molecule has 3 N–H and O–H groups in total. The predicted molar refractivity (Wildman–Crippen MR) is 44.8 cm³/mol. The molecule has 0 atom stereocenters. The van der Waals surface area contributed by atoms with Crippen LogP contribution in [0.15, 0.2) is 0 Å². The predicted octanol–water partition coefficient (Wildman–Crippen LogP) is 0.440. The Balaban J connectivity index is 0.000000810. The monoisotopic (exact) mass is 163 g/mol. The number of nitrogens with one attached hydrogen (secondary N) is 1. The molecule has 0 bridgehead atoms. The fourth-order valence-corrected chi connectivity index (χ4v) is 1.18. The normalized spacial score (nSPS) is 18.4. The van der Waals surface area contributed by atoms with Crippen LogP contribution in [-0.2, 0) is 0 Å². The molecule has 0 spiro atoms. The van der Waals surface area contributed by atoms with Gasteiger partial charge in [0.2, 0.25) is 0 Å². The highest BCUT2D eigenvalue weighted by Gasteiger charge is 2.10. The van der Waals surface area contributed by atoms with E-state index in [1.807, 2.05) is 0 Å². The minimum absolute atomic E-state index is 0. The molecule has 0 aromatic heterocycles. The summed E-state index contributed by atoms with van der Waals surface area (Å²) in [6.07, 6.45) is 2.54. The highest BCUT2D eigenvalue weighted by atomic mass is 35.5. The van der Waals surface area contributed by atoms with Gasteiger partial charge in [-0.3, -0.25) is 10.3 Å². The van der Waals surface area contributed by atoms with E-state index in [1.165, 1.54) is 12.8 Å². The third-order valence-electron chi connectivity index (χ3n) is 1.59. The Bertz CT molecular complexity index is 110. The molecule has 0 aromatic carbocycles. The summed E-state index contributed by atoms with van der Waals surface area (Å²) in [5.41, 5.74) is 5.21. The van der Waals surface area contributed by atoms with Gasteiger partial charge in [-0.2, -0.15) is 0 Å². The van der Waals surface area contributed by atoms with Gasteiger partial charge in [-0.15, -0.1) is 12.4 Å². The van der Waals surface area contributed by atoms with Gasteiger partial charge in [-0.25, -0.2) is 0 Å². The van der Waals surface area contributed by atoms with E-state index in [2.05, 4.69) is 4.90 Å². The first-order valence-corrected chi connectivity index (χ1v) is 3.34. The molecule has 1 rings (SSSR count). The number of hydrogen-bond donors (Lipinski definition) is 2. The summed E-state index contributed by atoms with van der Waals surface area (Å²) in [4.78, 5) is 2.21. The molecule has 10 heavy (non-hydrogen) atoms. The molecule has 1 aliphatic rings. The average molecular weight is 164 g/mol. The van der Waals surface area contributed by atoms with Gasteiger partial charge in [0.15, 0.2) is 0 Å². The van der Waals surface area contributed by atoms with Crippen LogP contribution in [0.2, 0.25) is 0 Å². The van der Waals surface area contributed by atoms with Crippen LogP contribution in [-0.4, -0.2) is 30.4 Å². The molecular formula is C6H14ClN3. The molecular weight excluding hydrogens is 150 g/mol. The van der Waals surface area contributed by atoms with Crippen molar-refractivity contribution in [3.63, 3.8) is 0 Å². The maximum Gasteiger partial charge on any atom is 0.105 e. The van der Waals surface area contributed by atoms with Crippen LogP contribution < -0.4 is 5.73 Å². The highest BCUT2D eigenvalue weighted by molar-refractivity contribution is 5.85. The lowest BCUT2D eigenvalue weighted by Crippen LogP contribution is -2.30. The average Bonchev–Trinajstić information content (AvgIpc) is 2.15. The zero-order chi connectivity index (χ0) is 6.69. The Morgan fingerprint density at radius 3 is 2.30 bits per heavy atom. The van der Waals surface area contributed by atoms with Gasteiger partial charge < -0.3 is 5.73 Å². The minimum Gasteiger partial charge on any atom is -0.387 e. The van der Waals surface area contributed by atoms with Gasteiger partial charge in [-0.1, -0.05) is 0 Å². The first kappa shape index (κ1) is 9.72. The summed E-state index contributed by atoms with van der Waals surface area (Å²) in [5.74, 6) is 0.289. The van der Waals surface area contributed by atoms with Crippen molar-refractivity contribution in [1.29, 1.82) is 5.41 Å². The van der Waals surface area contributed by atoms with Crippen LogP contribution in [0.4, 0.5) is 0 Å². The van der Waals surface area contributed by atoms with Crippen molar-refractivity contribution in [3.05, 3.63) is 0 Å². The van der Waals surface area contributed by atoms with E-state index >= 15 is 0 Å². The lowest BCUT2D eigenvalue weighted by Gasteiger charge is -2.11. The van der Waals surface area contributed by atoms with Crippen molar-refractivity contribution in [1.82, 2.24) is 4.90 Å². The first-order valence-electron chi connectivity index (χ1n) is 3.34. The second-order valence-electron chi connectivity index (χ2n) is 2.51. The minimum atomic E-state index is 0. The summed E-state index contributed by atoms with van der Waals surface area (Å²) in [6, 6.07) is 0. The molecule has 0 unspecified atom stereocenters. The molecule has 0 aromatic rings. The van der Waals surface area contributed by atoms with Crippen molar-refractivity contribution in [3.8, 4) is 0 Å². The van der Waals surface area contributed by atoms with E-state index < -0.39 is 0 Å². The van der Waals surface area contributed by atoms with Gasteiger partial charge in [0.05, 0.1) is 6.54 Å². The molecule has 60 valence electrons. The van der Waals surface area contributed by atoms with Crippen LogP contribution >= 0.6 is 12.4 Å². The first-order chi connectivity index (χ1) is 4.29. The fourth-order valence-electron chi connectivity index (χ4n) is 1.18. The van der Waals surface area contributed by atoms with Crippen molar-refractivity contribution in [2.45, 2.75) is 12.8 Å². The highest BCUT2D eigenvalue weighted by Crippen LogP contribution is 2.05. The van der Waals surface area contributed by atoms with Crippen molar-refractivity contribution in [2.24, 2.45) is 5.73 Å². The van der Waals surface area contributed by atoms with Gasteiger partial charge in [0.1, 0.15) is 5.84 Å². The molecule has 0 saturated carbocycles. The Kier molecular flexibility index (Phi) is 4.40. The van der Waals surface area contributed by atoms with Crippen molar-refractivity contribution < 1.29 is 0 Å². The van der Waals surface area contributed by atoms with Crippen LogP contribution in [0, 0.1) is 5.41 Å². The molecule has 1 aliphatic heterocycles. The topological polar surface area (TPSA) is 53.1 Å². The molecule has 1 heterocycles. The number of likely N-dealkylation sites (tertiary alicyclic amines) is 1. The third kappa shape index (κ3) is 3.03. The van der Waals surface area contributed by atoms with Crippen molar-refractivity contribution >= 4 is 18.2 Å². The van der Waals surface area contributed by atoms with E-state index in [4.69, 9.17) is 11.1 Å². The fraction of sp³-hybridized carbons (Fsp3) is 0.833. The van der Waals surface area contributed by atoms with E-state index in [-0.39, 0.29) is 18.2 Å². The number of amidine groups is 1. The van der Waals surface area contributed by atoms with Crippen molar-refractivity contribution in [2.75, 3.05) is 19.6 Å². The van der Waals surface area contributed by atoms with E-state index in [0.717, 1.165) is 13.1 Å². The Labute approximate surface area is 67.5 Å². The lowest BCUT2D eigenvalue weighted by molar-refractivity contribution is 0.386. The quantitative estimate of drug-likeness (QED) is 0.459. The van der Waals surface area contributed by atoms with Gasteiger partial charge in [0, 0.05) is 0 Å². The summed E-state index contributed by atoms with van der Waals surface area (Å²) in [7, 11) is 0. The Morgan fingerprint density at radius 1 is 1.40 bits per heavy atom. The summed E-state index contributed by atoms with van der Waals surface area (Å²) in [6.45, 7) is 2.92. The summed E-state index contributed by atoms with van der Waals surface area (Å²) in [5, 5.41) is 7.00. The van der Waals surface area contributed by atoms with Gasteiger partial charge in [0.25, 0.3) is 0 Å². The van der Waals surface area contributed by atoms with Gasteiger partial charge >= 0.3 is 0 Å². The van der Waals surface area contributed by atoms with Crippen LogP contribution in [0.1, 0.15) is 12.8 Å². The zero-order valence-corrected chi connectivity index (χ0v) is 6.78. The number of nitrogens with two attached hydrogens (primary N) is 1. The standard InChI is InChI=1S/C6H13N3.ClH/c7-6(8)5-9-3-1-2-4-9;/h1-5H2,(H3,7,8);1H. The molecule has 1 saturated heterocycles. The lowest BCUT2D eigenvalue weighted by atomic mass is 10.4. The molecule has 0 radical (unpaired) electrons. The molecule has 0 amide bonds. The van der Waals surface area contributed by atoms with Gasteiger partial charge in [-0.05, 0) is 25.9 Å².